The molecule has 102 valence electrons. The van der Waals surface area contributed by atoms with Crippen LogP contribution in [0.15, 0.2) is 15.9 Å². The number of imidazole rings is 1. The zero-order valence-electron chi connectivity index (χ0n) is 10.2. The molecule has 2 aromatic rings. The van der Waals surface area contributed by atoms with E-state index in [4.69, 9.17) is 4.74 Å². The van der Waals surface area contributed by atoms with Crippen molar-refractivity contribution in [2.45, 2.75) is 36.0 Å². The lowest BCUT2D eigenvalue weighted by atomic mass is 10.2. The molecule has 0 saturated carbocycles. The highest BCUT2D eigenvalue weighted by molar-refractivity contribution is 14.1. The lowest BCUT2D eigenvalue weighted by molar-refractivity contribution is 0.00240. The minimum Gasteiger partial charge on any atom is -0.353 e. The van der Waals surface area contributed by atoms with Crippen LogP contribution in [0.25, 0.3) is 11.2 Å². The number of aromatic nitrogens is 4. The van der Waals surface area contributed by atoms with Crippen molar-refractivity contribution in [1.82, 2.24) is 19.5 Å². The summed E-state index contributed by atoms with van der Waals surface area (Å²) >= 11 is 2.34. The molecule has 3 rings (SSSR count). The Hall–Kier alpha value is -1.16. The molecule has 0 bridgehead atoms. The van der Waals surface area contributed by atoms with E-state index in [-0.39, 0.29) is 29.1 Å². The summed E-state index contributed by atoms with van der Waals surface area (Å²) in [6, 6.07) is 0. The molecule has 1 saturated heterocycles. The molecule has 2 N–H and O–H groups in total. The van der Waals surface area contributed by atoms with Gasteiger partial charge >= 0.3 is 5.69 Å². The Morgan fingerprint density at radius 3 is 3.05 bits per heavy atom. The second kappa shape index (κ2) is 4.75. The third kappa shape index (κ3) is 2.02. The Morgan fingerprint density at radius 1 is 1.58 bits per heavy atom. The van der Waals surface area contributed by atoms with Gasteiger partial charge in [-0.2, -0.15) is 0 Å². The summed E-state index contributed by atoms with van der Waals surface area (Å²) in [6.45, 7) is 2.06. The van der Waals surface area contributed by atoms with Crippen molar-refractivity contribution in [1.29, 1.82) is 0 Å². The number of H-pyrrole nitrogens is 2. The van der Waals surface area contributed by atoms with Gasteiger partial charge < -0.3 is 9.72 Å². The second-order valence-corrected chi connectivity index (χ2v) is 6.12. The van der Waals surface area contributed by atoms with E-state index in [1.807, 2.05) is 0 Å². The number of aromatic amines is 2. The third-order valence-corrected chi connectivity index (χ3v) is 4.68. The van der Waals surface area contributed by atoms with Gasteiger partial charge in [0.15, 0.2) is 11.2 Å². The van der Waals surface area contributed by atoms with Crippen molar-refractivity contribution < 1.29 is 4.74 Å². The van der Waals surface area contributed by atoms with Gasteiger partial charge in [0.1, 0.15) is 6.23 Å². The number of nitrogens with one attached hydrogen (secondary N) is 2. The molecule has 0 radical (unpaired) electrons. The summed E-state index contributed by atoms with van der Waals surface area (Å²) in [4.78, 5) is 32.7. The van der Waals surface area contributed by atoms with Crippen LogP contribution in [0.4, 0.5) is 0 Å². The largest absolute Gasteiger partial charge is 0.353 e. The van der Waals surface area contributed by atoms with Crippen molar-refractivity contribution in [2.75, 3.05) is 0 Å². The molecule has 19 heavy (non-hydrogen) atoms. The van der Waals surface area contributed by atoms with Crippen LogP contribution in [0.1, 0.15) is 26.0 Å². The van der Waals surface area contributed by atoms with Crippen molar-refractivity contribution >= 4 is 33.8 Å². The number of rotatable bonds is 2. The van der Waals surface area contributed by atoms with Crippen LogP contribution < -0.4 is 11.2 Å². The zero-order chi connectivity index (χ0) is 13.6. The van der Waals surface area contributed by atoms with Crippen molar-refractivity contribution in [2.24, 2.45) is 0 Å². The van der Waals surface area contributed by atoms with Gasteiger partial charge in [0, 0.05) is 10.3 Å². The number of hydrogen-bond acceptors (Lipinski definition) is 4. The number of hydrogen-bond donors (Lipinski definition) is 2. The van der Waals surface area contributed by atoms with Gasteiger partial charge in [-0.25, -0.2) is 14.3 Å². The minimum atomic E-state index is -0.359. The van der Waals surface area contributed by atoms with Gasteiger partial charge in [-0.15, -0.1) is 0 Å². The lowest BCUT2D eigenvalue weighted by Gasteiger charge is -2.13. The number of alkyl halides is 1. The van der Waals surface area contributed by atoms with Crippen molar-refractivity contribution in [3.8, 4) is 0 Å². The predicted octanol–water partition coefficient (Wildman–Crippen LogP) is 0.914. The molecular weight excluding hydrogens is 363 g/mol. The third-order valence-electron chi connectivity index (χ3n) is 3.36. The number of nitrogens with zero attached hydrogens (tertiary/aromatic N) is 2. The van der Waals surface area contributed by atoms with Gasteiger partial charge in [0.05, 0.1) is 12.4 Å². The van der Waals surface area contributed by atoms with Crippen LogP contribution >= 0.6 is 22.6 Å². The molecule has 8 heteroatoms. The number of ether oxygens (including phenoxy) is 1. The number of halogens is 1. The maximum atomic E-state index is 12.0. The van der Waals surface area contributed by atoms with Crippen LogP contribution in [-0.4, -0.2) is 29.5 Å². The Morgan fingerprint density at radius 2 is 2.37 bits per heavy atom. The Bertz CT molecular complexity index is 719. The second-order valence-electron chi connectivity index (χ2n) is 4.52. The standard InChI is InChI=1S/C11H13IN4O3/c1-2-6-5(12)3-7(19-6)16-9-8(15-11(16)18)10(17)14-4-13-9/h4-7H,2-3H2,1H3,(H,15,18)(H,13,14,17)/t5-,6-,7-/m1/s1. The molecule has 3 atom stereocenters. The smallest absolute Gasteiger partial charge is 0.329 e. The monoisotopic (exact) mass is 376 g/mol. The highest BCUT2D eigenvalue weighted by atomic mass is 127. The Balaban J connectivity index is 2.12. The zero-order valence-corrected chi connectivity index (χ0v) is 12.4. The highest BCUT2D eigenvalue weighted by Crippen LogP contribution is 2.35. The van der Waals surface area contributed by atoms with Gasteiger partial charge in [-0.05, 0) is 6.42 Å². The summed E-state index contributed by atoms with van der Waals surface area (Å²) in [7, 11) is 0. The first-order valence-corrected chi connectivity index (χ1v) is 7.33. The molecule has 1 aliphatic heterocycles. The van der Waals surface area contributed by atoms with Gasteiger partial charge in [-0.1, -0.05) is 29.5 Å². The summed E-state index contributed by atoms with van der Waals surface area (Å²) < 4.78 is 7.67. The fraction of sp³-hybridized carbons (Fsp3) is 0.545. The first-order valence-electron chi connectivity index (χ1n) is 6.09. The molecule has 0 aromatic carbocycles. The van der Waals surface area contributed by atoms with Gasteiger partial charge in [0.2, 0.25) is 0 Å². The quantitative estimate of drug-likeness (QED) is 0.602. The van der Waals surface area contributed by atoms with E-state index in [9.17, 15) is 9.59 Å². The summed E-state index contributed by atoms with van der Waals surface area (Å²) in [5, 5.41) is 0. The maximum absolute atomic E-state index is 12.0. The predicted molar refractivity (Wildman–Crippen MR) is 77.6 cm³/mol. The molecule has 1 fully saturated rings. The van der Waals surface area contributed by atoms with E-state index < -0.39 is 0 Å². The maximum Gasteiger partial charge on any atom is 0.329 e. The molecule has 0 unspecified atom stereocenters. The van der Waals surface area contributed by atoms with Crippen LogP contribution in [-0.2, 0) is 4.74 Å². The van der Waals surface area contributed by atoms with Crippen LogP contribution in [0, 0.1) is 0 Å². The molecule has 2 aromatic heterocycles. The van der Waals surface area contributed by atoms with Gasteiger partial charge in [-0.3, -0.25) is 9.78 Å². The van der Waals surface area contributed by atoms with Crippen LogP contribution in [0.3, 0.4) is 0 Å². The average molecular weight is 376 g/mol. The van der Waals surface area contributed by atoms with Crippen molar-refractivity contribution in [3.63, 3.8) is 0 Å². The molecule has 1 aliphatic rings. The fourth-order valence-corrected chi connectivity index (χ4v) is 3.53. The molecular formula is C11H13IN4O3. The topological polar surface area (TPSA) is 92.8 Å². The normalized spacial score (nSPS) is 27.2. The Labute approximate surface area is 121 Å². The Kier molecular flexibility index (Phi) is 3.21. The molecule has 7 nitrogen and oxygen atoms in total. The number of fused-ring (bicyclic) bond motifs is 1. The molecule has 0 spiro atoms. The van der Waals surface area contributed by atoms with E-state index in [0.717, 1.165) is 12.8 Å². The van der Waals surface area contributed by atoms with Crippen LogP contribution in [0.2, 0.25) is 0 Å². The van der Waals surface area contributed by atoms with E-state index >= 15 is 0 Å². The SMILES string of the molecule is CC[C@H]1O[C@@H](n2c(=O)[nH]c3c(=O)[nH]cnc32)C[C@H]1I. The average Bonchev–Trinajstić information content (AvgIpc) is 2.90. The van der Waals surface area contributed by atoms with Gasteiger partial charge in [0.25, 0.3) is 5.56 Å². The van der Waals surface area contributed by atoms with Crippen LogP contribution in [0.5, 0.6) is 0 Å². The summed E-state index contributed by atoms with van der Waals surface area (Å²) in [5.74, 6) is 0. The molecule has 0 amide bonds. The lowest BCUT2D eigenvalue weighted by Crippen LogP contribution is -2.22. The van der Waals surface area contributed by atoms with Crippen molar-refractivity contribution in [3.05, 3.63) is 27.2 Å². The molecule has 0 aliphatic carbocycles. The van der Waals surface area contributed by atoms with E-state index in [2.05, 4.69) is 44.5 Å². The minimum absolute atomic E-state index is 0.129. The van der Waals surface area contributed by atoms with E-state index in [1.165, 1.54) is 10.9 Å². The summed E-state index contributed by atoms with van der Waals surface area (Å²) in [6.07, 6.45) is 2.70. The van der Waals surface area contributed by atoms with E-state index in [0.29, 0.717) is 9.57 Å². The highest BCUT2D eigenvalue weighted by Gasteiger charge is 2.35. The first kappa shape index (κ1) is 12.9. The van der Waals surface area contributed by atoms with E-state index in [1.54, 1.807) is 0 Å². The summed E-state index contributed by atoms with van der Waals surface area (Å²) in [5.41, 5.74) is -0.165. The molecule has 3 heterocycles. The first-order chi connectivity index (χ1) is 9.11. The fourth-order valence-electron chi connectivity index (χ4n) is 2.42.